The fraction of sp³-hybridized carbons (Fsp3) is 0.222. The second-order valence-electron chi connectivity index (χ2n) is 2.65. The Balaban J connectivity index is 2.95. The standard InChI is InChI=1S/C9H10O2S/c1-6(9(10)11)7-3-2-4-8(12)5-7/h2-6,12H,1H3,(H,10,11). The summed E-state index contributed by atoms with van der Waals surface area (Å²) in [7, 11) is 0. The van der Waals surface area contributed by atoms with Gasteiger partial charge in [-0.1, -0.05) is 12.1 Å². The Morgan fingerprint density at radius 1 is 1.58 bits per heavy atom. The molecule has 12 heavy (non-hydrogen) atoms. The highest BCUT2D eigenvalue weighted by atomic mass is 32.1. The molecule has 64 valence electrons. The van der Waals surface area contributed by atoms with Crippen LogP contribution in [0.1, 0.15) is 18.4 Å². The number of hydrogen-bond donors (Lipinski definition) is 2. The molecule has 1 aromatic rings. The minimum absolute atomic E-state index is 0.461. The molecule has 1 N–H and O–H groups in total. The lowest BCUT2D eigenvalue weighted by atomic mass is 10.0. The maximum Gasteiger partial charge on any atom is 0.310 e. The summed E-state index contributed by atoms with van der Waals surface area (Å²) < 4.78 is 0. The molecule has 1 unspecified atom stereocenters. The summed E-state index contributed by atoms with van der Waals surface area (Å²) in [5.74, 6) is -1.27. The van der Waals surface area contributed by atoms with Crippen LogP contribution in [0.25, 0.3) is 0 Å². The lowest BCUT2D eigenvalue weighted by molar-refractivity contribution is -0.138. The number of carboxylic acid groups (broad SMARTS) is 1. The van der Waals surface area contributed by atoms with Crippen molar-refractivity contribution in [3.63, 3.8) is 0 Å². The molecule has 0 radical (unpaired) electrons. The molecule has 0 saturated heterocycles. The first-order valence-corrected chi connectivity index (χ1v) is 4.07. The summed E-state index contributed by atoms with van der Waals surface area (Å²) in [6.07, 6.45) is 0. The first kappa shape index (κ1) is 9.13. The Morgan fingerprint density at radius 2 is 2.25 bits per heavy atom. The summed E-state index contributed by atoms with van der Waals surface area (Å²) in [6, 6.07) is 7.18. The molecule has 0 bridgehead atoms. The van der Waals surface area contributed by atoms with Crippen LogP contribution < -0.4 is 0 Å². The summed E-state index contributed by atoms with van der Waals surface area (Å²) >= 11 is 4.12. The van der Waals surface area contributed by atoms with Crippen molar-refractivity contribution in [2.75, 3.05) is 0 Å². The van der Waals surface area contributed by atoms with Crippen molar-refractivity contribution in [1.82, 2.24) is 0 Å². The van der Waals surface area contributed by atoms with E-state index in [1.54, 1.807) is 25.1 Å². The van der Waals surface area contributed by atoms with Crippen LogP contribution >= 0.6 is 12.6 Å². The minimum atomic E-state index is -0.811. The lowest BCUT2D eigenvalue weighted by Gasteiger charge is -2.05. The molecule has 0 aliphatic carbocycles. The van der Waals surface area contributed by atoms with Crippen LogP contribution in [0.2, 0.25) is 0 Å². The topological polar surface area (TPSA) is 37.3 Å². The van der Waals surface area contributed by atoms with Crippen molar-refractivity contribution >= 4 is 18.6 Å². The number of thiol groups is 1. The van der Waals surface area contributed by atoms with Crippen molar-refractivity contribution in [3.05, 3.63) is 29.8 Å². The van der Waals surface area contributed by atoms with E-state index in [1.807, 2.05) is 6.07 Å². The van der Waals surface area contributed by atoms with Gasteiger partial charge in [-0.05, 0) is 24.6 Å². The van der Waals surface area contributed by atoms with Crippen molar-refractivity contribution < 1.29 is 9.90 Å². The van der Waals surface area contributed by atoms with Crippen LogP contribution in [-0.4, -0.2) is 11.1 Å². The fourth-order valence-corrected chi connectivity index (χ4v) is 1.17. The van der Waals surface area contributed by atoms with Gasteiger partial charge >= 0.3 is 5.97 Å². The summed E-state index contributed by atoms with van der Waals surface area (Å²) in [5.41, 5.74) is 0.787. The molecule has 1 aromatic carbocycles. The van der Waals surface area contributed by atoms with Crippen LogP contribution in [0.3, 0.4) is 0 Å². The van der Waals surface area contributed by atoms with Gasteiger partial charge < -0.3 is 5.11 Å². The van der Waals surface area contributed by atoms with Crippen LogP contribution in [0, 0.1) is 0 Å². The molecule has 1 rings (SSSR count). The molecule has 0 heterocycles. The third-order valence-electron chi connectivity index (χ3n) is 1.74. The van der Waals surface area contributed by atoms with Gasteiger partial charge in [-0.2, -0.15) is 0 Å². The van der Waals surface area contributed by atoms with Crippen molar-refractivity contribution in [1.29, 1.82) is 0 Å². The molecule has 1 atom stereocenters. The van der Waals surface area contributed by atoms with E-state index < -0.39 is 11.9 Å². The van der Waals surface area contributed by atoms with E-state index in [2.05, 4.69) is 12.6 Å². The Morgan fingerprint density at radius 3 is 2.75 bits per heavy atom. The fourth-order valence-electron chi connectivity index (χ4n) is 0.937. The van der Waals surface area contributed by atoms with Gasteiger partial charge in [0.1, 0.15) is 0 Å². The second kappa shape index (κ2) is 3.63. The molecule has 3 heteroatoms. The molecular formula is C9H10O2S. The van der Waals surface area contributed by atoms with Crippen molar-refractivity contribution in [3.8, 4) is 0 Å². The van der Waals surface area contributed by atoms with E-state index in [0.29, 0.717) is 0 Å². The molecule has 0 amide bonds. The Bertz CT molecular complexity index is 296. The van der Waals surface area contributed by atoms with Crippen molar-refractivity contribution in [2.24, 2.45) is 0 Å². The third kappa shape index (κ3) is 2.01. The van der Waals surface area contributed by atoms with Crippen LogP contribution in [0.4, 0.5) is 0 Å². The average Bonchev–Trinajstić information content (AvgIpc) is 2.03. The molecule has 0 aliphatic rings. The smallest absolute Gasteiger partial charge is 0.310 e. The molecular weight excluding hydrogens is 172 g/mol. The third-order valence-corrected chi connectivity index (χ3v) is 2.02. The van der Waals surface area contributed by atoms with Gasteiger partial charge in [-0.25, -0.2) is 0 Å². The maximum absolute atomic E-state index is 10.6. The van der Waals surface area contributed by atoms with Gasteiger partial charge in [0.2, 0.25) is 0 Å². The highest BCUT2D eigenvalue weighted by Gasteiger charge is 2.12. The Labute approximate surface area is 76.6 Å². The van der Waals surface area contributed by atoms with Gasteiger partial charge in [0, 0.05) is 4.90 Å². The first-order valence-electron chi connectivity index (χ1n) is 3.63. The number of hydrogen-bond acceptors (Lipinski definition) is 2. The zero-order valence-corrected chi connectivity index (χ0v) is 7.58. The lowest BCUT2D eigenvalue weighted by Crippen LogP contribution is -2.06. The minimum Gasteiger partial charge on any atom is -0.481 e. The summed E-state index contributed by atoms with van der Waals surface area (Å²) in [5, 5.41) is 8.70. The molecule has 2 nitrogen and oxygen atoms in total. The van der Waals surface area contributed by atoms with E-state index in [-0.39, 0.29) is 0 Å². The van der Waals surface area contributed by atoms with E-state index in [0.717, 1.165) is 10.5 Å². The average molecular weight is 182 g/mol. The Kier molecular flexibility index (Phi) is 2.76. The van der Waals surface area contributed by atoms with E-state index in [1.165, 1.54) is 0 Å². The quantitative estimate of drug-likeness (QED) is 0.688. The first-order chi connectivity index (χ1) is 5.61. The number of aliphatic carboxylic acids is 1. The van der Waals surface area contributed by atoms with E-state index in [4.69, 9.17) is 5.11 Å². The second-order valence-corrected chi connectivity index (χ2v) is 3.17. The SMILES string of the molecule is CC(C(=O)O)c1cccc(S)c1. The molecule has 0 aromatic heterocycles. The van der Waals surface area contributed by atoms with Crippen LogP contribution in [0.15, 0.2) is 29.2 Å². The highest BCUT2D eigenvalue weighted by molar-refractivity contribution is 7.80. The number of rotatable bonds is 2. The van der Waals surface area contributed by atoms with Crippen LogP contribution in [0.5, 0.6) is 0 Å². The number of carboxylic acids is 1. The van der Waals surface area contributed by atoms with Gasteiger partial charge in [0.25, 0.3) is 0 Å². The number of carbonyl (C=O) groups is 1. The summed E-state index contributed by atoms with van der Waals surface area (Å²) in [4.78, 5) is 11.4. The summed E-state index contributed by atoms with van der Waals surface area (Å²) in [6.45, 7) is 1.66. The predicted molar refractivity (Wildman–Crippen MR) is 49.7 cm³/mol. The van der Waals surface area contributed by atoms with E-state index >= 15 is 0 Å². The van der Waals surface area contributed by atoms with Gasteiger partial charge in [-0.3, -0.25) is 4.79 Å². The normalized spacial score (nSPS) is 12.5. The molecule has 0 saturated carbocycles. The van der Waals surface area contributed by atoms with Gasteiger partial charge in [0.15, 0.2) is 0 Å². The molecule has 0 spiro atoms. The highest BCUT2D eigenvalue weighted by Crippen LogP contribution is 2.18. The zero-order chi connectivity index (χ0) is 9.14. The van der Waals surface area contributed by atoms with Crippen molar-refractivity contribution in [2.45, 2.75) is 17.7 Å². The number of benzene rings is 1. The zero-order valence-electron chi connectivity index (χ0n) is 6.69. The maximum atomic E-state index is 10.6. The largest absolute Gasteiger partial charge is 0.481 e. The molecule has 0 aliphatic heterocycles. The van der Waals surface area contributed by atoms with Crippen LogP contribution in [-0.2, 0) is 4.79 Å². The van der Waals surface area contributed by atoms with Gasteiger partial charge in [0.05, 0.1) is 5.92 Å². The predicted octanol–water partition coefficient (Wildman–Crippen LogP) is 2.16. The van der Waals surface area contributed by atoms with Gasteiger partial charge in [-0.15, -0.1) is 12.6 Å². The van der Waals surface area contributed by atoms with E-state index in [9.17, 15) is 4.79 Å². The molecule has 0 fully saturated rings. The monoisotopic (exact) mass is 182 g/mol. The Hall–Kier alpha value is -0.960.